The van der Waals surface area contributed by atoms with Crippen molar-refractivity contribution in [2.75, 3.05) is 0 Å². The van der Waals surface area contributed by atoms with Gasteiger partial charge in [0, 0.05) is 0 Å². The van der Waals surface area contributed by atoms with E-state index in [0.29, 0.717) is 0 Å². The average molecular weight is 178 g/mol. The molecule has 0 aromatic heterocycles. The SMILES string of the molecule is C=C/C=C(\C=C/C)OC(F)(F)F. The van der Waals surface area contributed by atoms with Crippen LogP contribution in [-0.2, 0) is 4.74 Å². The highest BCUT2D eigenvalue weighted by atomic mass is 19.4. The van der Waals surface area contributed by atoms with Crippen molar-refractivity contribution in [3.8, 4) is 0 Å². The molecule has 0 aromatic rings. The van der Waals surface area contributed by atoms with Crippen LogP contribution in [0.5, 0.6) is 0 Å². The molecule has 0 aromatic carbocycles. The molecule has 1 nitrogen and oxygen atoms in total. The van der Waals surface area contributed by atoms with E-state index in [4.69, 9.17) is 0 Å². The average Bonchev–Trinajstić information content (AvgIpc) is 1.84. The maximum Gasteiger partial charge on any atom is 0.573 e. The molecule has 68 valence electrons. The zero-order valence-electron chi connectivity index (χ0n) is 6.56. The molecule has 0 saturated carbocycles. The maximum absolute atomic E-state index is 11.6. The van der Waals surface area contributed by atoms with Crippen molar-refractivity contribution in [1.29, 1.82) is 0 Å². The Morgan fingerprint density at radius 3 is 2.33 bits per heavy atom. The van der Waals surface area contributed by atoms with Gasteiger partial charge in [0.15, 0.2) is 0 Å². The number of halogens is 3. The minimum Gasteiger partial charge on any atom is -0.406 e. The smallest absolute Gasteiger partial charge is 0.406 e. The summed E-state index contributed by atoms with van der Waals surface area (Å²) in [5.74, 6) is -0.278. The third-order valence-corrected chi connectivity index (χ3v) is 0.847. The van der Waals surface area contributed by atoms with Crippen molar-refractivity contribution in [3.63, 3.8) is 0 Å². The van der Waals surface area contributed by atoms with Crippen LogP contribution < -0.4 is 0 Å². The molecule has 0 radical (unpaired) electrons. The van der Waals surface area contributed by atoms with Gasteiger partial charge in [-0.1, -0.05) is 18.7 Å². The normalized spacial score (nSPS) is 13.5. The fourth-order valence-electron chi connectivity index (χ4n) is 0.538. The molecule has 0 amide bonds. The highest BCUT2D eigenvalue weighted by Gasteiger charge is 2.31. The molecule has 0 aliphatic carbocycles. The fraction of sp³-hybridized carbons (Fsp3) is 0.250. The van der Waals surface area contributed by atoms with E-state index in [2.05, 4.69) is 11.3 Å². The Labute approximate surface area is 68.8 Å². The predicted octanol–water partition coefficient (Wildman–Crippen LogP) is 3.17. The lowest BCUT2D eigenvalue weighted by molar-refractivity contribution is -0.303. The second-order valence-electron chi connectivity index (χ2n) is 1.85. The highest BCUT2D eigenvalue weighted by Crippen LogP contribution is 2.21. The van der Waals surface area contributed by atoms with Gasteiger partial charge in [-0.2, -0.15) is 0 Å². The van der Waals surface area contributed by atoms with Gasteiger partial charge in [-0.25, -0.2) is 0 Å². The molecule has 0 fully saturated rings. The molecule has 0 unspecified atom stereocenters. The number of rotatable bonds is 3. The van der Waals surface area contributed by atoms with E-state index in [1.54, 1.807) is 6.92 Å². The maximum atomic E-state index is 11.6. The van der Waals surface area contributed by atoms with Crippen LogP contribution in [0.1, 0.15) is 6.92 Å². The lowest BCUT2D eigenvalue weighted by Gasteiger charge is -2.08. The summed E-state index contributed by atoms with van der Waals surface area (Å²) in [6.07, 6.45) is 0.360. The molecule has 0 atom stereocenters. The monoisotopic (exact) mass is 178 g/mol. The van der Waals surface area contributed by atoms with Gasteiger partial charge in [-0.15, -0.1) is 13.2 Å². The molecule has 12 heavy (non-hydrogen) atoms. The van der Waals surface area contributed by atoms with E-state index in [1.807, 2.05) is 0 Å². The fourth-order valence-corrected chi connectivity index (χ4v) is 0.538. The second kappa shape index (κ2) is 4.64. The molecule has 0 rings (SSSR count). The van der Waals surface area contributed by atoms with Crippen molar-refractivity contribution < 1.29 is 17.9 Å². The quantitative estimate of drug-likeness (QED) is 0.476. The predicted molar refractivity (Wildman–Crippen MR) is 40.2 cm³/mol. The highest BCUT2D eigenvalue weighted by molar-refractivity contribution is 5.16. The Morgan fingerprint density at radius 1 is 1.42 bits per heavy atom. The third kappa shape index (κ3) is 5.58. The van der Waals surface area contributed by atoms with Gasteiger partial charge in [0.2, 0.25) is 0 Å². The van der Waals surface area contributed by atoms with E-state index in [0.717, 1.165) is 6.08 Å². The Bertz CT molecular complexity index is 201. The molecule has 0 bridgehead atoms. The first-order chi connectivity index (χ1) is 5.49. The third-order valence-electron chi connectivity index (χ3n) is 0.847. The first-order valence-electron chi connectivity index (χ1n) is 3.20. The van der Waals surface area contributed by atoms with Crippen molar-refractivity contribution in [1.82, 2.24) is 0 Å². The van der Waals surface area contributed by atoms with Crippen LogP contribution in [0.4, 0.5) is 13.2 Å². The van der Waals surface area contributed by atoms with Gasteiger partial charge in [0.05, 0.1) is 0 Å². The lowest BCUT2D eigenvalue weighted by Crippen LogP contribution is -2.11. The topological polar surface area (TPSA) is 9.23 Å². The van der Waals surface area contributed by atoms with Gasteiger partial charge < -0.3 is 4.74 Å². The number of allylic oxidation sites excluding steroid dienone is 4. The molecule has 0 aliphatic heterocycles. The summed E-state index contributed by atoms with van der Waals surface area (Å²) in [6, 6.07) is 0. The van der Waals surface area contributed by atoms with Gasteiger partial charge in [-0.05, 0) is 19.1 Å². The van der Waals surface area contributed by atoms with E-state index < -0.39 is 6.36 Å². The first-order valence-corrected chi connectivity index (χ1v) is 3.20. The zero-order chi connectivity index (χ0) is 9.61. The Hall–Kier alpha value is -1.19. The van der Waals surface area contributed by atoms with Crippen LogP contribution in [-0.4, -0.2) is 6.36 Å². The molecular formula is C8H9F3O. The van der Waals surface area contributed by atoms with Crippen LogP contribution >= 0.6 is 0 Å². The van der Waals surface area contributed by atoms with Crippen LogP contribution in [0.15, 0.2) is 36.6 Å². The summed E-state index contributed by atoms with van der Waals surface area (Å²) in [6.45, 7) is 4.85. The Kier molecular flexibility index (Phi) is 4.18. The molecule has 0 saturated heterocycles. The minimum atomic E-state index is -4.64. The summed E-state index contributed by atoms with van der Waals surface area (Å²) >= 11 is 0. The number of hydrogen-bond acceptors (Lipinski definition) is 1. The summed E-state index contributed by atoms with van der Waals surface area (Å²) in [7, 11) is 0. The largest absolute Gasteiger partial charge is 0.573 e. The van der Waals surface area contributed by atoms with Gasteiger partial charge in [0.1, 0.15) is 5.76 Å². The summed E-state index contributed by atoms with van der Waals surface area (Å²) in [5, 5.41) is 0. The van der Waals surface area contributed by atoms with Crippen molar-refractivity contribution >= 4 is 0 Å². The van der Waals surface area contributed by atoms with Crippen LogP contribution in [0.2, 0.25) is 0 Å². The Morgan fingerprint density at radius 2 is 2.00 bits per heavy atom. The molecule has 0 spiro atoms. The van der Waals surface area contributed by atoms with Crippen molar-refractivity contribution in [3.05, 3.63) is 36.6 Å². The number of ether oxygens (including phenoxy) is 1. The lowest BCUT2D eigenvalue weighted by atomic mass is 10.4. The van der Waals surface area contributed by atoms with E-state index in [1.165, 1.54) is 18.2 Å². The first kappa shape index (κ1) is 10.8. The van der Waals surface area contributed by atoms with Gasteiger partial charge in [-0.3, -0.25) is 0 Å². The summed E-state index contributed by atoms with van der Waals surface area (Å²) in [5.41, 5.74) is 0. The van der Waals surface area contributed by atoms with E-state index in [-0.39, 0.29) is 5.76 Å². The van der Waals surface area contributed by atoms with E-state index in [9.17, 15) is 13.2 Å². The molecular weight excluding hydrogens is 169 g/mol. The van der Waals surface area contributed by atoms with Crippen LogP contribution in [0, 0.1) is 0 Å². The summed E-state index contributed by atoms with van der Waals surface area (Å²) < 4.78 is 38.5. The van der Waals surface area contributed by atoms with E-state index >= 15 is 0 Å². The number of hydrogen-bond donors (Lipinski definition) is 0. The van der Waals surface area contributed by atoms with Crippen molar-refractivity contribution in [2.45, 2.75) is 13.3 Å². The van der Waals surface area contributed by atoms with Crippen LogP contribution in [0.3, 0.4) is 0 Å². The van der Waals surface area contributed by atoms with Gasteiger partial charge >= 0.3 is 6.36 Å². The standard InChI is InChI=1S/C8H9F3O/c1-3-5-7(6-4-2)12-8(9,10)11/h3-6H,1H2,2H3/b6-4-,7-5+. The molecule has 0 N–H and O–H groups in total. The Balaban J connectivity index is 4.34. The number of alkyl halides is 3. The second-order valence-corrected chi connectivity index (χ2v) is 1.85. The zero-order valence-corrected chi connectivity index (χ0v) is 6.56. The molecule has 4 heteroatoms. The minimum absolute atomic E-state index is 0.278. The van der Waals surface area contributed by atoms with Crippen LogP contribution in [0.25, 0.3) is 0 Å². The summed E-state index contributed by atoms with van der Waals surface area (Å²) in [4.78, 5) is 0. The molecule has 0 heterocycles. The molecule has 0 aliphatic rings. The van der Waals surface area contributed by atoms with Gasteiger partial charge in [0.25, 0.3) is 0 Å². The van der Waals surface area contributed by atoms with Crippen molar-refractivity contribution in [2.24, 2.45) is 0 Å².